The van der Waals surface area contributed by atoms with Crippen LogP contribution in [0, 0.1) is 18.6 Å². The number of benzene rings is 2. The fraction of sp³-hybridized carbons (Fsp3) is 0.240. The fourth-order valence-corrected chi connectivity index (χ4v) is 4.30. The lowest BCUT2D eigenvalue weighted by molar-refractivity contribution is 0.0690. The number of rotatable bonds is 9. The van der Waals surface area contributed by atoms with Gasteiger partial charge in [0.25, 0.3) is 0 Å². The van der Waals surface area contributed by atoms with Crippen molar-refractivity contribution in [1.82, 2.24) is 14.5 Å². The molecule has 0 spiro atoms. The molecular weight excluding hydrogens is 512 g/mol. The third kappa shape index (κ3) is 5.00. The number of aromatic amines is 1. The van der Waals surface area contributed by atoms with E-state index in [1.807, 2.05) is 0 Å². The number of hydrogen-bond acceptors (Lipinski definition) is 6. The second kappa shape index (κ2) is 10.6. The van der Waals surface area contributed by atoms with Crippen molar-refractivity contribution in [3.05, 3.63) is 79.9 Å². The van der Waals surface area contributed by atoms with Gasteiger partial charge in [-0.2, -0.15) is 0 Å². The number of aromatic carboxylic acids is 1. The highest BCUT2D eigenvalue weighted by Gasteiger charge is 2.21. The molecule has 37 heavy (non-hydrogen) atoms. The largest absolute Gasteiger partial charge is 0.496 e. The molecule has 0 radical (unpaired) electrons. The Hall–Kier alpha value is -3.96. The maximum atomic E-state index is 14.5. The number of hydrogen-bond donors (Lipinski definition) is 3. The molecule has 0 saturated carbocycles. The summed E-state index contributed by atoms with van der Waals surface area (Å²) in [4.78, 5) is 31.3. The van der Waals surface area contributed by atoms with Gasteiger partial charge < -0.3 is 24.7 Å². The zero-order chi connectivity index (χ0) is 26.9. The van der Waals surface area contributed by atoms with Gasteiger partial charge in [-0.25, -0.2) is 27.9 Å². The lowest BCUT2D eigenvalue weighted by atomic mass is 10.0. The molecule has 0 fully saturated rings. The zero-order valence-electron chi connectivity index (χ0n) is 19.8. The molecule has 0 aliphatic carbocycles. The Kier molecular flexibility index (Phi) is 7.46. The van der Waals surface area contributed by atoms with Gasteiger partial charge in [-0.3, -0.25) is 0 Å². The second-order valence-electron chi connectivity index (χ2n) is 8.12. The number of carboxylic acids is 1. The Labute approximate surface area is 213 Å². The van der Waals surface area contributed by atoms with Crippen LogP contribution in [-0.4, -0.2) is 51.0 Å². The molecule has 0 unspecified atom stereocenters. The second-order valence-corrected chi connectivity index (χ2v) is 8.53. The van der Waals surface area contributed by atoms with Crippen LogP contribution in [0.1, 0.15) is 27.2 Å². The fourth-order valence-electron chi connectivity index (χ4n) is 4.07. The lowest BCUT2D eigenvalue weighted by Crippen LogP contribution is -2.16. The summed E-state index contributed by atoms with van der Waals surface area (Å²) in [5.41, 5.74) is 0.660. The number of carboxylic acid groups (broad SMARTS) is 1. The predicted octanol–water partition coefficient (Wildman–Crippen LogP) is 3.82. The van der Waals surface area contributed by atoms with E-state index in [4.69, 9.17) is 21.1 Å². The number of aliphatic hydroxyl groups is 1. The normalized spacial score (nSPS) is 11.2. The quantitative estimate of drug-likeness (QED) is 0.298. The minimum Gasteiger partial charge on any atom is -0.496 e. The first-order valence-electron chi connectivity index (χ1n) is 11.1. The number of fused-ring (bicyclic) bond motifs is 1. The van der Waals surface area contributed by atoms with Gasteiger partial charge in [0.15, 0.2) is 23.0 Å². The third-order valence-electron chi connectivity index (χ3n) is 5.80. The molecule has 9 nitrogen and oxygen atoms in total. The molecule has 4 aromatic rings. The molecule has 3 N–H and O–H groups in total. The van der Waals surface area contributed by atoms with Gasteiger partial charge in [-0.05, 0) is 55.2 Å². The van der Waals surface area contributed by atoms with E-state index in [2.05, 4.69) is 9.97 Å². The first-order valence-corrected chi connectivity index (χ1v) is 11.5. The summed E-state index contributed by atoms with van der Waals surface area (Å²) in [6.07, 6.45) is 0.123. The summed E-state index contributed by atoms with van der Waals surface area (Å²) < 4.78 is 40.4. The van der Waals surface area contributed by atoms with E-state index in [0.717, 1.165) is 10.6 Å². The maximum Gasteiger partial charge on any atom is 0.354 e. The van der Waals surface area contributed by atoms with Crippen LogP contribution in [0.4, 0.5) is 8.78 Å². The number of imidazole rings is 1. The third-order valence-corrected chi connectivity index (χ3v) is 6.10. The zero-order valence-corrected chi connectivity index (χ0v) is 20.5. The van der Waals surface area contributed by atoms with Crippen molar-refractivity contribution < 1.29 is 33.3 Å². The number of methoxy groups -OCH3 is 1. The summed E-state index contributed by atoms with van der Waals surface area (Å²) >= 11 is 6.51. The average Bonchev–Trinajstić information content (AvgIpc) is 3.20. The first-order chi connectivity index (χ1) is 17.7. The van der Waals surface area contributed by atoms with E-state index >= 15 is 0 Å². The van der Waals surface area contributed by atoms with Gasteiger partial charge in [-0.1, -0.05) is 11.6 Å². The van der Waals surface area contributed by atoms with Crippen molar-refractivity contribution in [3.8, 4) is 17.2 Å². The Balaban J connectivity index is 1.86. The predicted molar refractivity (Wildman–Crippen MR) is 131 cm³/mol. The van der Waals surface area contributed by atoms with E-state index in [1.165, 1.54) is 31.4 Å². The van der Waals surface area contributed by atoms with Gasteiger partial charge in [-0.15, -0.1) is 0 Å². The highest BCUT2D eigenvalue weighted by Crippen LogP contribution is 2.33. The van der Waals surface area contributed by atoms with E-state index in [0.29, 0.717) is 16.6 Å². The van der Waals surface area contributed by atoms with Gasteiger partial charge in [0.2, 0.25) is 0 Å². The van der Waals surface area contributed by atoms with Crippen molar-refractivity contribution in [2.75, 3.05) is 20.3 Å². The van der Waals surface area contributed by atoms with Crippen molar-refractivity contribution in [3.63, 3.8) is 0 Å². The number of nitrogens with zero attached hydrogens (tertiary/aromatic N) is 2. The first kappa shape index (κ1) is 26.1. The molecule has 0 bridgehead atoms. The minimum absolute atomic E-state index is 0.00658. The summed E-state index contributed by atoms with van der Waals surface area (Å²) in [5.74, 6) is -2.90. The van der Waals surface area contributed by atoms with E-state index in [9.17, 15) is 28.6 Å². The number of aromatic nitrogens is 3. The number of halogens is 3. The van der Waals surface area contributed by atoms with E-state index in [-0.39, 0.29) is 65.2 Å². The van der Waals surface area contributed by atoms with Crippen molar-refractivity contribution >= 4 is 28.7 Å². The van der Waals surface area contributed by atoms with Crippen LogP contribution in [0.2, 0.25) is 5.02 Å². The SMILES string of the molecule is COc1ccc(F)c(F)c1CCc1cc(-n2c(=O)[nH]c3c(C)cc(C(=O)O)nc32)c(Cl)cc1OCCO. The van der Waals surface area contributed by atoms with Crippen molar-refractivity contribution in [1.29, 1.82) is 0 Å². The van der Waals surface area contributed by atoms with Crippen LogP contribution in [0.15, 0.2) is 35.1 Å². The number of nitrogens with one attached hydrogen (secondary N) is 1. The molecular formula is C25H22ClF2N3O6. The monoisotopic (exact) mass is 533 g/mol. The van der Waals surface area contributed by atoms with Gasteiger partial charge in [0.05, 0.1) is 29.9 Å². The number of H-pyrrole nitrogens is 1. The summed E-state index contributed by atoms with van der Waals surface area (Å²) in [6, 6.07) is 6.59. The molecule has 0 atom stereocenters. The molecule has 2 aromatic carbocycles. The number of aryl methyl sites for hydroxylation is 2. The Morgan fingerprint density at radius 3 is 2.62 bits per heavy atom. The molecule has 0 saturated heterocycles. The molecule has 0 amide bonds. The van der Waals surface area contributed by atoms with Gasteiger partial charge in [0, 0.05) is 11.6 Å². The Bertz CT molecular complexity index is 1570. The standard InChI is InChI=1S/C25H22ClF2N3O6/c1-12-9-17(24(33)34)29-23-22(12)30-25(35)31(23)18-10-13(20(11-15(18)26)37-8-7-32)3-4-14-19(36-2)6-5-16(27)21(14)28/h5-6,9-11,32H,3-4,7-8H2,1-2H3,(H,30,35)(H,33,34). The van der Waals surface area contributed by atoms with Crippen molar-refractivity contribution in [2.45, 2.75) is 19.8 Å². The van der Waals surface area contributed by atoms with Crippen LogP contribution >= 0.6 is 11.6 Å². The van der Waals surface area contributed by atoms with E-state index < -0.39 is 23.3 Å². The van der Waals surface area contributed by atoms with Crippen LogP contribution in [0.5, 0.6) is 11.5 Å². The van der Waals surface area contributed by atoms with Gasteiger partial charge in [0.1, 0.15) is 18.1 Å². The van der Waals surface area contributed by atoms with Crippen LogP contribution < -0.4 is 15.2 Å². The van der Waals surface area contributed by atoms with Crippen molar-refractivity contribution in [2.24, 2.45) is 0 Å². The highest BCUT2D eigenvalue weighted by atomic mass is 35.5. The van der Waals surface area contributed by atoms with Gasteiger partial charge >= 0.3 is 11.7 Å². The smallest absolute Gasteiger partial charge is 0.354 e. The molecule has 4 rings (SSSR count). The number of carbonyl (C=O) groups is 1. The molecule has 0 aliphatic heterocycles. The van der Waals surface area contributed by atoms with Crippen LogP contribution in [0.25, 0.3) is 16.9 Å². The molecule has 2 aromatic heterocycles. The highest BCUT2D eigenvalue weighted by molar-refractivity contribution is 6.32. The number of pyridine rings is 1. The summed E-state index contributed by atoms with van der Waals surface area (Å²) in [6.45, 7) is 1.29. The topological polar surface area (TPSA) is 127 Å². The number of aliphatic hydroxyl groups excluding tert-OH is 1. The summed E-state index contributed by atoms with van der Waals surface area (Å²) in [7, 11) is 1.34. The summed E-state index contributed by atoms with van der Waals surface area (Å²) in [5, 5.41) is 18.7. The molecule has 0 aliphatic rings. The minimum atomic E-state index is -1.27. The van der Waals surface area contributed by atoms with E-state index in [1.54, 1.807) is 6.92 Å². The van der Waals surface area contributed by atoms with Crippen LogP contribution in [-0.2, 0) is 12.8 Å². The number of ether oxygens (including phenoxy) is 2. The van der Waals surface area contributed by atoms with Crippen LogP contribution in [0.3, 0.4) is 0 Å². The Morgan fingerprint density at radius 2 is 1.95 bits per heavy atom. The molecule has 2 heterocycles. The molecule has 194 valence electrons. The average molecular weight is 534 g/mol. The lowest BCUT2D eigenvalue weighted by Gasteiger charge is -2.16. The molecule has 12 heteroatoms. The maximum absolute atomic E-state index is 14.5. The Morgan fingerprint density at radius 1 is 1.19 bits per heavy atom.